The number of carbonyl (C=O) groups excluding carboxylic acids is 3. The third kappa shape index (κ3) is 4.79. The number of nitrogens with one attached hydrogen (secondary N) is 2. The maximum atomic E-state index is 13.5. The molecule has 3 saturated heterocycles. The van der Waals surface area contributed by atoms with Gasteiger partial charge in [-0.3, -0.25) is 14.4 Å². The molecule has 12 nitrogen and oxygen atoms in total. The second-order valence-corrected chi connectivity index (χ2v) is 13.5. The molecule has 1 amide bonds. The van der Waals surface area contributed by atoms with E-state index in [1.807, 2.05) is 13.8 Å². The molecule has 40 heavy (non-hydrogen) atoms. The van der Waals surface area contributed by atoms with Crippen LogP contribution in [0, 0.1) is 35.5 Å². The van der Waals surface area contributed by atoms with Crippen LogP contribution in [-0.4, -0.2) is 90.6 Å². The summed E-state index contributed by atoms with van der Waals surface area (Å²) < 4.78 is 1.35. The van der Waals surface area contributed by atoms with Gasteiger partial charge in [0.2, 0.25) is 5.91 Å². The largest absolute Gasteiger partial charge is 0.477 e. The van der Waals surface area contributed by atoms with E-state index in [0.29, 0.717) is 35.5 Å². The summed E-state index contributed by atoms with van der Waals surface area (Å²) in [6, 6.07) is -0.474. The van der Waals surface area contributed by atoms with E-state index in [1.165, 1.54) is 27.7 Å². The molecule has 1 saturated carbocycles. The van der Waals surface area contributed by atoms with E-state index < -0.39 is 11.9 Å². The Hall–Kier alpha value is -2.64. The summed E-state index contributed by atoms with van der Waals surface area (Å²) in [5.74, 6) is -0.705. The Morgan fingerprint density at radius 1 is 1.23 bits per heavy atom. The van der Waals surface area contributed by atoms with Crippen LogP contribution in [-0.2, 0) is 25.7 Å². The van der Waals surface area contributed by atoms with Crippen LogP contribution in [0.5, 0.6) is 0 Å². The molecule has 3 N–H and O–H groups in total. The van der Waals surface area contributed by atoms with Crippen LogP contribution in [0.2, 0.25) is 0 Å². The Morgan fingerprint density at radius 3 is 2.80 bits per heavy atom. The van der Waals surface area contributed by atoms with Gasteiger partial charge in [-0.25, -0.2) is 9.48 Å². The van der Waals surface area contributed by atoms with Crippen LogP contribution < -0.4 is 10.6 Å². The molecule has 0 radical (unpaired) electrons. The molecule has 5 heterocycles. The predicted octanol–water partition coefficient (Wildman–Crippen LogP) is 0.710. The lowest BCUT2D eigenvalue weighted by Gasteiger charge is -2.47. The molecular weight excluding hydrogens is 534 g/mol. The van der Waals surface area contributed by atoms with Crippen molar-refractivity contribution >= 4 is 35.2 Å². The highest BCUT2D eigenvalue weighted by molar-refractivity contribution is 8.03. The molecule has 0 bridgehead atoms. The van der Waals surface area contributed by atoms with Gasteiger partial charge in [-0.15, -0.1) is 16.9 Å². The molecule has 6 rings (SSSR count). The van der Waals surface area contributed by atoms with Gasteiger partial charge in [-0.05, 0) is 67.0 Å². The van der Waals surface area contributed by atoms with Crippen LogP contribution in [0.25, 0.3) is 0 Å². The molecular formula is C27H37N7O5S. The van der Waals surface area contributed by atoms with Crippen molar-refractivity contribution in [2.24, 2.45) is 35.5 Å². The first-order valence-electron chi connectivity index (χ1n) is 14.4. The summed E-state index contributed by atoms with van der Waals surface area (Å²) >= 11 is 1.51. The first-order chi connectivity index (χ1) is 19.2. The average Bonchev–Trinajstić information content (AvgIpc) is 3.71. The molecule has 0 spiro atoms. The molecule has 1 aliphatic carbocycles. The maximum absolute atomic E-state index is 13.5. The summed E-state index contributed by atoms with van der Waals surface area (Å²) in [6.45, 7) is 6.52. The van der Waals surface area contributed by atoms with Gasteiger partial charge in [0.1, 0.15) is 18.6 Å². The molecule has 216 valence electrons. The number of piperidine rings is 1. The summed E-state index contributed by atoms with van der Waals surface area (Å²) in [4.78, 5) is 53.8. The highest BCUT2D eigenvalue weighted by atomic mass is 32.2. The lowest BCUT2D eigenvalue weighted by Crippen LogP contribution is -2.62. The summed E-state index contributed by atoms with van der Waals surface area (Å²) in [7, 11) is 0. The number of ketones is 2. The van der Waals surface area contributed by atoms with Crippen LogP contribution in [0.15, 0.2) is 16.9 Å². The molecule has 9 atom stereocenters. The van der Waals surface area contributed by atoms with Crippen LogP contribution >= 0.6 is 11.8 Å². The fraction of sp³-hybridized carbons (Fsp3) is 0.741. The number of rotatable bonds is 10. The first-order valence-corrected chi connectivity index (χ1v) is 15.3. The van der Waals surface area contributed by atoms with Gasteiger partial charge in [0, 0.05) is 35.0 Å². The number of carboxylic acid groups (broad SMARTS) is 1. The van der Waals surface area contributed by atoms with Crippen molar-refractivity contribution in [3.8, 4) is 0 Å². The zero-order valence-electron chi connectivity index (χ0n) is 22.9. The van der Waals surface area contributed by atoms with Crippen LogP contribution in [0.3, 0.4) is 0 Å². The second kappa shape index (κ2) is 11.0. The number of aromatic nitrogens is 4. The van der Waals surface area contributed by atoms with E-state index in [-0.39, 0.29) is 65.4 Å². The smallest absolute Gasteiger partial charge is 0.353 e. The predicted molar refractivity (Wildman–Crippen MR) is 145 cm³/mol. The van der Waals surface area contributed by atoms with Gasteiger partial charge in [0.25, 0.3) is 0 Å². The lowest BCUT2D eigenvalue weighted by atomic mass is 9.73. The molecule has 1 aromatic rings. The van der Waals surface area contributed by atoms with E-state index in [2.05, 4.69) is 26.2 Å². The van der Waals surface area contributed by atoms with Crippen molar-refractivity contribution in [1.29, 1.82) is 0 Å². The minimum absolute atomic E-state index is 0.0373. The zero-order chi connectivity index (χ0) is 28.1. The van der Waals surface area contributed by atoms with Crippen molar-refractivity contribution in [3.63, 3.8) is 0 Å². The number of amides is 1. The number of carboxylic acids is 1. The SMILES string of the molecule is C[C@@H](CC(=O)Cn1cnnn1)[C@H]1C(=O)N2C(C(=O)O)=C(S[C@@H]3CN[C@H](C(=O)C4CCC5CNCCC54)C3)[C@H](C)[C@H]12. The van der Waals surface area contributed by atoms with E-state index in [1.54, 1.807) is 0 Å². The summed E-state index contributed by atoms with van der Waals surface area (Å²) in [6.07, 6.45) is 5.37. The quantitative estimate of drug-likeness (QED) is 0.340. The molecule has 13 heteroatoms. The summed E-state index contributed by atoms with van der Waals surface area (Å²) in [5.41, 5.74) is 0.0686. The molecule has 0 aromatic carbocycles. The number of thioether (sulfide) groups is 1. The topological polar surface area (TPSA) is 159 Å². The van der Waals surface area contributed by atoms with E-state index in [4.69, 9.17) is 0 Å². The average molecular weight is 572 g/mol. The number of carbonyl (C=O) groups is 4. The van der Waals surface area contributed by atoms with Gasteiger partial charge < -0.3 is 20.6 Å². The third-order valence-electron chi connectivity index (χ3n) is 9.81. The first kappa shape index (κ1) is 27.5. The van der Waals surface area contributed by atoms with Gasteiger partial charge in [0.15, 0.2) is 11.6 Å². The zero-order valence-corrected chi connectivity index (χ0v) is 23.7. The Labute approximate surface area is 237 Å². The van der Waals surface area contributed by atoms with Crippen molar-refractivity contribution < 1.29 is 24.3 Å². The van der Waals surface area contributed by atoms with E-state index in [0.717, 1.165) is 32.4 Å². The van der Waals surface area contributed by atoms with Crippen molar-refractivity contribution in [3.05, 3.63) is 16.9 Å². The highest BCUT2D eigenvalue weighted by Crippen LogP contribution is 2.53. The van der Waals surface area contributed by atoms with Gasteiger partial charge in [0.05, 0.1) is 18.0 Å². The van der Waals surface area contributed by atoms with Crippen LogP contribution in [0.1, 0.15) is 46.0 Å². The summed E-state index contributed by atoms with van der Waals surface area (Å²) in [5, 5.41) is 27.9. The molecule has 3 unspecified atom stereocenters. The standard InChI is InChI=1S/C27H37N7O5S/c1-13(7-16(35)11-33-12-30-31-32-33)21-22-14(2)25(23(27(38)39)34(22)26(21)37)40-17-8-20(29-10-17)24(36)19-4-3-15-9-28-6-5-18(15)19/h12-15,17-22,28-29H,3-11H2,1-2H3,(H,38,39)/t13-,14+,15?,17-,18?,19?,20-,21+,22+/m0/s1. The monoisotopic (exact) mass is 571 g/mol. The highest BCUT2D eigenvalue weighted by Gasteiger charge is 2.60. The number of β-lactam (4-membered cyclic amide) rings is 1. The fourth-order valence-electron chi connectivity index (χ4n) is 7.95. The van der Waals surface area contributed by atoms with Crippen molar-refractivity contribution in [1.82, 2.24) is 35.7 Å². The Morgan fingerprint density at radius 2 is 2.05 bits per heavy atom. The van der Waals surface area contributed by atoms with Crippen molar-refractivity contribution in [2.45, 2.75) is 69.8 Å². The second-order valence-electron chi connectivity index (χ2n) is 12.2. The van der Waals surface area contributed by atoms with Crippen molar-refractivity contribution in [2.75, 3.05) is 19.6 Å². The molecule has 4 fully saturated rings. The molecule has 4 aliphatic heterocycles. The normalized spacial score (nSPS) is 35.9. The molecule has 1 aromatic heterocycles. The number of aliphatic carboxylic acids is 1. The van der Waals surface area contributed by atoms with Gasteiger partial charge >= 0.3 is 5.97 Å². The van der Waals surface area contributed by atoms with Gasteiger partial charge in [-0.2, -0.15) is 0 Å². The minimum atomic E-state index is -1.10. The fourth-order valence-corrected chi connectivity index (χ4v) is 9.43. The molecule has 5 aliphatic rings. The van der Waals surface area contributed by atoms with Crippen LogP contribution in [0.4, 0.5) is 0 Å². The number of hydrogen-bond acceptors (Lipinski definition) is 10. The number of hydrogen-bond donors (Lipinski definition) is 3. The Kier molecular flexibility index (Phi) is 7.55. The Balaban J connectivity index is 1.10. The lowest BCUT2D eigenvalue weighted by molar-refractivity contribution is -0.160. The van der Waals surface area contributed by atoms with E-state index >= 15 is 0 Å². The third-order valence-corrected chi connectivity index (χ3v) is 11.3. The maximum Gasteiger partial charge on any atom is 0.353 e. The Bertz CT molecular complexity index is 1220. The van der Waals surface area contributed by atoms with E-state index in [9.17, 15) is 24.3 Å². The number of tetrazole rings is 1. The number of nitrogens with zero attached hydrogens (tertiary/aromatic N) is 5. The minimum Gasteiger partial charge on any atom is -0.477 e. The number of fused-ring (bicyclic) bond motifs is 2. The number of Topliss-reactive ketones (excluding diaryl/α,β-unsaturated/α-hetero) is 2. The van der Waals surface area contributed by atoms with Gasteiger partial charge in [-0.1, -0.05) is 13.8 Å².